The van der Waals surface area contributed by atoms with Crippen LogP contribution in [0.15, 0.2) is 73.1 Å². The third-order valence-corrected chi connectivity index (χ3v) is 3.87. The van der Waals surface area contributed by atoms with Crippen LogP contribution in [0.1, 0.15) is 5.56 Å². The summed E-state index contributed by atoms with van der Waals surface area (Å²) < 4.78 is 0. The molecular weight excluding hydrogens is 310 g/mol. The van der Waals surface area contributed by atoms with E-state index in [1.165, 1.54) is 0 Å². The summed E-state index contributed by atoms with van der Waals surface area (Å²) in [5, 5.41) is 7.66. The molecule has 0 saturated carbocycles. The lowest BCUT2D eigenvalue weighted by Crippen LogP contribution is -2.02. The highest BCUT2D eigenvalue weighted by molar-refractivity contribution is 5.82. The van der Waals surface area contributed by atoms with Crippen molar-refractivity contribution in [3.8, 4) is 0 Å². The first-order valence-corrected chi connectivity index (χ1v) is 8.05. The minimum atomic E-state index is 0.548. The smallest absolute Gasteiger partial charge is 0.229 e. The summed E-state index contributed by atoms with van der Waals surface area (Å²) in [5.41, 5.74) is 3.86. The Morgan fingerprint density at radius 3 is 2.56 bits per heavy atom. The summed E-state index contributed by atoms with van der Waals surface area (Å²) in [6.45, 7) is 1.98. The van der Waals surface area contributed by atoms with Crippen molar-refractivity contribution in [2.45, 2.75) is 6.92 Å². The molecule has 0 amide bonds. The molecule has 0 spiro atoms. The van der Waals surface area contributed by atoms with Gasteiger partial charge in [-0.3, -0.25) is 4.98 Å². The molecule has 0 fully saturated rings. The summed E-state index contributed by atoms with van der Waals surface area (Å²) in [6, 6.07) is 19.9. The number of nitrogens with zero attached hydrogens (tertiary/aromatic N) is 3. The second-order valence-electron chi connectivity index (χ2n) is 5.75. The number of aromatic nitrogens is 3. The van der Waals surface area contributed by atoms with E-state index in [2.05, 4.69) is 25.6 Å². The molecule has 25 heavy (non-hydrogen) atoms. The molecule has 0 aliphatic heterocycles. The van der Waals surface area contributed by atoms with E-state index in [0.717, 1.165) is 33.7 Å². The number of aryl methyl sites for hydroxylation is 1. The van der Waals surface area contributed by atoms with E-state index < -0.39 is 0 Å². The number of rotatable bonds is 4. The van der Waals surface area contributed by atoms with E-state index in [1.54, 1.807) is 6.20 Å². The highest BCUT2D eigenvalue weighted by Crippen LogP contribution is 2.22. The molecule has 0 bridgehead atoms. The van der Waals surface area contributed by atoms with Crippen LogP contribution >= 0.6 is 0 Å². The minimum Gasteiger partial charge on any atom is -0.340 e. The van der Waals surface area contributed by atoms with Crippen molar-refractivity contribution >= 4 is 34.0 Å². The van der Waals surface area contributed by atoms with Crippen LogP contribution in [0.25, 0.3) is 10.9 Å². The zero-order valence-electron chi connectivity index (χ0n) is 13.8. The normalized spacial score (nSPS) is 10.6. The highest BCUT2D eigenvalue weighted by Gasteiger charge is 2.05. The fourth-order valence-electron chi connectivity index (χ4n) is 2.57. The number of nitrogens with one attached hydrogen (secondary N) is 2. The fourth-order valence-corrected chi connectivity index (χ4v) is 2.57. The zero-order valence-corrected chi connectivity index (χ0v) is 13.8. The van der Waals surface area contributed by atoms with E-state index in [4.69, 9.17) is 0 Å². The maximum atomic E-state index is 4.59. The van der Waals surface area contributed by atoms with Gasteiger partial charge in [0.15, 0.2) is 0 Å². The molecular formula is C20H17N5. The molecule has 2 aromatic carbocycles. The molecule has 0 unspecified atom stereocenters. The highest BCUT2D eigenvalue weighted by atomic mass is 15.1. The second kappa shape index (κ2) is 6.57. The molecule has 4 aromatic rings. The van der Waals surface area contributed by atoms with E-state index >= 15 is 0 Å². The molecule has 0 aliphatic carbocycles. The number of pyridine rings is 1. The van der Waals surface area contributed by atoms with Crippen molar-refractivity contribution in [2.75, 3.05) is 10.6 Å². The van der Waals surface area contributed by atoms with Crippen molar-refractivity contribution in [1.29, 1.82) is 0 Å². The third kappa shape index (κ3) is 3.40. The van der Waals surface area contributed by atoms with E-state index in [0.29, 0.717) is 5.95 Å². The summed E-state index contributed by atoms with van der Waals surface area (Å²) >= 11 is 0. The number of hydrogen-bond acceptors (Lipinski definition) is 5. The molecule has 5 heteroatoms. The molecule has 2 aromatic heterocycles. The third-order valence-electron chi connectivity index (χ3n) is 3.87. The maximum absolute atomic E-state index is 4.59. The molecule has 122 valence electrons. The Bertz CT molecular complexity index is 1010. The van der Waals surface area contributed by atoms with Gasteiger partial charge in [-0.15, -0.1) is 0 Å². The van der Waals surface area contributed by atoms with Crippen molar-refractivity contribution in [1.82, 2.24) is 15.0 Å². The van der Waals surface area contributed by atoms with Crippen LogP contribution in [0.3, 0.4) is 0 Å². The molecule has 2 N–H and O–H groups in total. The lowest BCUT2D eigenvalue weighted by atomic mass is 10.2. The van der Waals surface area contributed by atoms with Crippen LogP contribution in [0.5, 0.6) is 0 Å². The van der Waals surface area contributed by atoms with Crippen molar-refractivity contribution in [3.63, 3.8) is 0 Å². The predicted octanol–water partition coefficient (Wildman–Crippen LogP) is 4.82. The van der Waals surface area contributed by atoms with Gasteiger partial charge in [0.2, 0.25) is 5.95 Å². The van der Waals surface area contributed by atoms with E-state index in [9.17, 15) is 0 Å². The average Bonchev–Trinajstić information content (AvgIpc) is 2.65. The summed E-state index contributed by atoms with van der Waals surface area (Å²) in [7, 11) is 0. The molecule has 5 nitrogen and oxygen atoms in total. The first-order valence-electron chi connectivity index (χ1n) is 8.05. The van der Waals surface area contributed by atoms with Gasteiger partial charge in [0.05, 0.1) is 5.52 Å². The SMILES string of the molecule is Cc1cnc(Nc2ccc3ncccc3c2)nc1Nc1ccccc1. The van der Waals surface area contributed by atoms with E-state index in [-0.39, 0.29) is 0 Å². The number of benzene rings is 2. The van der Waals surface area contributed by atoms with Crippen LogP contribution in [-0.2, 0) is 0 Å². The summed E-state index contributed by atoms with van der Waals surface area (Å²) in [5.74, 6) is 1.33. The molecule has 2 heterocycles. The fraction of sp³-hybridized carbons (Fsp3) is 0.0500. The average molecular weight is 327 g/mol. The van der Waals surface area contributed by atoms with Gasteiger partial charge in [0.25, 0.3) is 0 Å². The molecule has 0 aliphatic rings. The Morgan fingerprint density at radius 1 is 0.800 bits per heavy atom. The van der Waals surface area contributed by atoms with Crippen molar-refractivity contribution in [2.24, 2.45) is 0 Å². The van der Waals surface area contributed by atoms with Gasteiger partial charge >= 0.3 is 0 Å². The molecule has 0 saturated heterocycles. The minimum absolute atomic E-state index is 0.548. The Kier molecular flexibility index (Phi) is 3.96. The van der Waals surface area contributed by atoms with Gasteiger partial charge in [-0.05, 0) is 43.3 Å². The first-order chi connectivity index (χ1) is 12.3. The van der Waals surface area contributed by atoms with Gasteiger partial charge in [-0.1, -0.05) is 24.3 Å². The molecule has 0 atom stereocenters. The standard InChI is InChI=1S/C20H17N5/c1-14-13-22-20(25-19(14)23-16-7-3-2-4-8-16)24-17-9-10-18-15(12-17)6-5-11-21-18/h2-13H,1H3,(H2,22,23,24,25). The number of anilines is 4. The lowest BCUT2D eigenvalue weighted by molar-refractivity contribution is 1.13. The van der Waals surface area contributed by atoms with Crippen molar-refractivity contribution < 1.29 is 0 Å². The monoisotopic (exact) mass is 327 g/mol. The quantitative estimate of drug-likeness (QED) is 0.562. The van der Waals surface area contributed by atoms with Crippen LogP contribution in [-0.4, -0.2) is 15.0 Å². The van der Waals surface area contributed by atoms with Crippen LogP contribution in [0.2, 0.25) is 0 Å². The Hall–Kier alpha value is -3.47. The molecule has 0 radical (unpaired) electrons. The Labute approximate surface area is 145 Å². The van der Waals surface area contributed by atoms with Crippen LogP contribution < -0.4 is 10.6 Å². The Balaban J connectivity index is 1.60. The van der Waals surface area contributed by atoms with Crippen molar-refractivity contribution in [3.05, 3.63) is 78.6 Å². The second-order valence-corrected chi connectivity index (χ2v) is 5.75. The topological polar surface area (TPSA) is 62.7 Å². The lowest BCUT2D eigenvalue weighted by Gasteiger charge is -2.11. The first kappa shape index (κ1) is 15.1. The predicted molar refractivity (Wildman–Crippen MR) is 102 cm³/mol. The van der Waals surface area contributed by atoms with E-state index in [1.807, 2.05) is 73.8 Å². The van der Waals surface area contributed by atoms with Crippen LogP contribution in [0, 0.1) is 6.92 Å². The molecule has 4 rings (SSSR count). The van der Waals surface area contributed by atoms with Crippen LogP contribution in [0.4, 0.5) is 23.1 Å². The van der Waals surface area contributed by atoms with Gasteiger partial charge in [0.1, 0.15) is 5.82 Å². The van der Waals surface area contributed by atoms with Gasteiger partial charge in [0, 0.05) is 34.7 Å². The summed E-state index contributed by atoms with van der Waals surface area (Å²) in [4.78, 5) is 13.3. The van der Waals surface area contributed by atoms with Gasteiger partial charge in [-0.25, -0.2) is 4.98 Å². The zero-order chi connectivity index (χ0) is 17.1. The Morgan fingerprint density at radius 2 is 1.68 bits per heavy atom. The van der Waals surface area contributed by atoms with Gasteiger partial charge in [-0.2, -0.15) is 4.98 Å². The maximum Gasteiger partial charge on any atom is 0.229 e. The summed E-state index contributed by atoms with van der Waals surface area (Å²) in [6.07, 6.45) is 3.60. The van der Waals surface area contributed by atoms with Gasteiger partial charge < -0.3 is 10.6 Å². The largest absolute Gasteiger partial charge is 0.340 e. The number of fused-ring (bicyclic) bond motifs is 1. The number of para-hydroxylation sites is 1. The number of hydrogen-bond donors (Lipinski definition) is 2.